The molecule has 0 aromatic heterocycles. The van der Waals surface area contributed by atoms with Crippen molar-refractivity contribution < 1.29 is 9.47 Å². The second-order valence-electron chi connectivity index (χ2n) is 5.26. The van der Waals surface area contributed by atoms with Crippen LogP contribution in [0.25, 0.3) is 0 Å². The van der Waals surface area contributed by atoms with Crippen LogP contribution in [0.4, 0.5) is 0 Å². The third kappa shape index (κ3) is 4.62. The normalized spacial score (nSPS) is 10.4. The van der Waals surface area contributed by atoms with Crippen molar-refractivity contribution in [3.63, 3.8) is 0 Å². The molecule has 3 aromatic rings. The van der Waals surface area contributed by atoms with Crippen LogP contribution < -0.4 is 9.47 Å². The molecule has 0 saturated carbocycles. The van der Waals surface area contributed by atoms with E-state index in [-0.39, 0.29) is 0 Å². The van der Waals surface area contributed by atoms with Crippen molar-refractivity contribution in [3.8, 4) is 11.5 Å². The highest BCUT2D eigenvalue weighted by molar-refractivity contribution is 9.13. The monoisotopic (exact) mass is 446 g/mol. The summed E-state index contributed by atoms with van der Waals surface area (Å²) in [5.74, 6) is 1.43. The first-order valence-corrected chi connectivity index (χ1v) is 9.13. The maximum Gasteiger partial charge on any atom is 0.162 e. The lowest BCUT2D eigenvalue weighted by Gasteiger charge is -2.14. The zero-order valence-corrected chi connectivity index (χ0v) is 16.1. The minimum Gasteiger partial charge on any atom is -0.485 e. The Morgan fingerprint density at radius 2 is 0.958 bits per heavy atom. The molecule has 3 aromatic carbocycles. The van der Waals surface area contributed by atoms with E-state index in [9.17, 15) is 0 Å². The first-order chi connectivity index (χ1) is 11.7. The smallest absolute Gasteiger partial charge is 0.162 e. The van der Waals surface area contributed by atoms with Crippen LogP contribution in [-0.2, 0) is 13.2 Å². The highest BCUT2D eigenvalue weighted by Crippen LogP contribution is 2.37. The molecule has 122 valence electrons. The quantitative estimate of drug-likeness (QED) is 0.437. The van der Waals surface area contributed by atoms with Crippen LogP contribution >= 0.6 is 31.9 Å². The van der Waals surface area contributed by atoms with Gasteiger partial charge in [-0.2, -0.15) is 0 Å². The first-order valence-electron chi connectivity index (χ1n) is 7.55. The lowest BCUT2D eigenvalue weighted by atomic mass is 10.2. The predicted octanol–water partition coefficient (Wildman–Crippen LogP) is 6.37. The summed E-state index contributed by atoms with van der Waals surface area (Å²) in [6, 6.07) is 24.0. The minimum atomic E-state index is 0.497. The molecule has 0 aliphatic carbocycles. The highest BCUT2D eigenvalue weighted by Gasteiger charge is 2.10. The van der Waals surface area contributed by atoms with Gasteiger partial charge in [0.05, 0.1) is 0 Å². The van der Waals surface area contributed by atoms with E-state index in [1.54, 1.807) is 0 Å². The van der Waals surface area contributed by atoms with Crippen LogP contribution in [0.2, 0.25) is 0 Å². The number of benzene rings is 3. The van der Waals surface area contributed by atoms with Crippen LogP contribution in [0.15, 0.2) is 81.7 Å². The van der Waals surface area contributed by atoms with Crippen molar-refractivity contribution in [2.24, 2.45) is 0 Å². The number of halogens is 2. The molecule has 0 N–H and O–H groups in total. The average molecular weight is 448 g/mol. The Morgan fingerprint density at radius 3 is 1.33 bits per heavy atom. The first kappa shape index (κ1) is 17.1. The van der Waals surface area contributed by atoms with Gasteiger partial charge in [-0.15, -0.1) is 0 Å². The molecule has 0 bridgehead atoms. The topological polar surface area (TPSA) is 18.5 Å². The van der Waals surface area contributed by atoms with Crippen molar-refractivity contribution in [2.45, 2.75) is 13.2 Å². The van der Waals surface area contributed by atoms with Crippen LogP contribution in [0.1, 0.15) is 11.1 Å². The van der Waals surface area contributed by atoms with Gasteiger partial charge >= 0.3 is 0 Å². The van der Waals surface area contributed by atoms with Gasteiger partial charge in [0.1, 0.15) is 13.2 Å². The van der Waals surface area contributed by atoms with E-state index >= 15 is 0 Å². The Bertz CT molecular complexity index is 721. The van der Waals surface area contributed by atoms with Crippen LogP contribution in [0.3, 0.4) is 0 Å². The zero-order chi connectivity index (χ0) is 16.8. The third-order valence-electron chi connectivity index (χ3n) is 3.46. The second-order valence-corrected chi connectivity index (χ2v) is 6.97. The van der Waals surface area contributed by atoms with E-state index in [1.807, 2.05) is 72.8 Å². The summed E-state index contributed by atoms with van der Waals surface area (Å²) < 4.78 is 13.8. The molecular weight excluding hydrogens is 432 g/mol. The molecule has 0 aliphatic heterocycles. The summed E-state index contributed by atoms with van der Waals surface area (Å²) in [6.07, 6.45) is 0. The predicted molar refractivity (Wildman–Crippen MR) is 103 cm³/mol. The van der Waals surface area contributed by atoms with Gasteiger partial charge in [0.15, 0.2) is 11.5 Å². The van der Waals surface area contributed by atoms with Gasteiger partial charge in [-0.1, -0.05) is 60.7 Å². The SMILES string of the molecule is Brc1cc(OCc2ccccc2)c(OCc2ccccc2)cc1Br. The number of rotatable bonds is 6. The summed E-state index contributed by atoms with van der Waals surface area (Å²) in [5, 5.41) is 0. The molecule has 0 atom stereocenters. The Morgan fingerprint density at radius 1 is 0.583 bits per heavy atom. The van der Waals surface area contributed by atoms with E-state index in [0.717, 1.165) is 20.1 Å². The number of hydrogen-bond donors (Lipinski definition) is 0. The zero-order valence-electron chi connectivity index (χ0n) is 12.9. The van der Waals surface area contributed by atoms with Crippen molar-refractivity contribution in [1.29, 1.82) is 0 Å². The summed E-state index contributed by atoms with van der Waals surface area (Å²) in [5.41, 5.74) is 2.23. The van der Waals surface area contributed by atoms with Gasteiger partial charge in [-0.3, -0.25) is 0 Å². The molecule has 3 rings (SSSR count). The number of hydrogen-bond acceptors (Lipinski definition) is 2. The van der Waals surface area contributed by atoms with E-state index in [2.05, 4.69) is 31.9 Å². The average Bonchev–Trinajstić information content (AvgIpc) is 2.63. The molecule has 0 heterocycles. The lowest BCUT2D eigenvalue weighted by molar-refractivity contribution is 0.255. The van der Waals surface area contributed by atoms with Gasteiger partial charge < -0.3 is 9.47 Å². The molecule has 0 aliphatic rings. The van der Waals surface area contributed by atoms with E-state index < -0.39 is 0 Å². The molecular formula is C20H16Br2O2. The standard InChI is InChI=1S/C20H16Br2O2/c21-17-11-19(23-13-15-7-3-1-4-8-15)20(12-18(17)22)24-14-16-9-5-2-6-10-16/h1-12H,13-14H2. The van der Waals surface area contributed by atoms with Crippen molar-refractivity contribution >= 4 is 31.9 Å². The molecule has 0 fully saturated rings. The summed E-state index contributed by atoms with van der Waals surface area (Å²) in [4.78, 5) is 0. The molecule has 0 spiro atoms. The second kappa shape index (κ2) is 8.36. The van der Waals surface area contributed by atoms with Gasteiger partial charge in [0, 0.05) is 8.95 Å². The van der Waals surface area contributed by atoms with Crippen LogP contribution in [0.5, 0.6) is 11.5 Å². The Labute approximate surface area is 158 Å². The van der Waals surface area contributed by atoms with Crippen molar-refractivity contribution in [2.75, 3.05) is 0 Å². The molecule has 0 amide bonds. The maximum absolute atomic E-state index is 5.97. The van der Waals surface area contributed by atoms with Gasteiger partial charge in [0.2, 0.25) is 0 Å². The summed E-state index contributed by atoms with van der Waals surface area (Å²) in [7, 11) is 0. The number of ether oxygens (including phenoxy) is 2. The highest BCUT2D eigenvalue weighted by atomic mass is 79.9. The van der Waals surface area contributed by atoms with Crippen LogP contribution in [-0.4, -0.2) is 0 Å². The third-order valence-corrected chi connectivity index (χ3v) is 5.31. The molecule has 0 radical (unpaired) electrons. The molecule has 24 heavy (non-hydrogen) atoms. The fraction of sp³-hybridized carbons (Fsp3) is 0.100. The van der Waals surface area contributed by atoms with Crippen molar-refractivity contribution in [1.82, 2.24) is 0 Å². The van der Waals surface area contributed by atoms with Crippen molar-refractivity contribution in [3.05, 3.63) is 92.9 Å². The van der Waals surface area contributed by atoms with E-state index in [1.165, 1.54) is 0 Å². The Kier molecular flexibility index (Phi) is 5.94. The van der Waals surface area contributed by atoms with Gasteiger partial charge in [0.25, 0.3) is 0 Å². The van der Waals surface area contributed by atoms with Gasteiger partial charge in [-0.25, -0.2) is 0 Å². The fourth-order valence-electron chi connectivity index (χ4n) is 2.21. The largest absolute Gasteiger partial charge is 0.485 e. The summed E-state index contributed by atoms with van der Waals surface area (Å²) >= 11 is 7.04. The van der Waals surface area contributed by atoms with E-state index in [4.69, 9.17) is 9.47 Å². The maximum atomic E-state index is 5.97. The molecule has 0 saturated heterocycles. The van der Waals surface area contributed by atoms with E-state index in [0.29, 0.717) is 24.7 Å². The fourth-order valence-corrected chi connectivity index (χ4v) is 2.85. The Balaban J connectivity index is 1.75. The summed E-state index contributed by atoms with van der Waals surface area (Å²) in [6.45, 7) is 0.993. The van der Waals surface area contributed by atoms with Crippen LogP contribution in [0, 0.1) is 0 Å². The van der Waals surface area contributed by atoms with Gasteiger partial charge in [-0.05, 0) is 55.1 Å². The minimum absolute atomic E-state index is 0.497. The molecule has 0 unspecified atom stereocenters. The molecule has 4 heteroatoms. The molecule has 2 nitrogen and oxygen atoms in total. The lowest BCUT2D eigenvalue weighted by Crippen LogP contribution is -2.01. The Hall–Kier alpha value is -1.78.